The molecule has 105 valence electrons. The van der Waals surface area contributed by atoms with Crippen molar-refractivity contribution in [1.82, 2.24) is 10.3 Å². The number of anilines is 1. The number of likely N-dealkylation sites (N-methyl/N-ethyl adjacent to an activating group) is 1. The van der Waals surface area contributed by atoms with Crippen LogP contribution in [0.15, 0.2) is 53.4 Å². The number of pyridine rings is 1. The minimum atomic E-state index is 0.697. The number of rotatable bonds is 5. The molecule has 0 saturated carbocycles. The summed E-state index contributed by atoms with van der Waals surface area (Å²) in [7, 11) is 1.93. The molecule has 0 saturated heterocycles. The van der Waals surface area contributed by atoms with Crippen LogP contribution in [0.4, 0.5) is 5.69 Å². The largest absolute Gasteiger partial charge is 0.380 e. The van der Waals surface area contributed by atoms with Crippen LogP contribution >= 0.6 is 11.6 Å². The van der Waals surface area contributed by atoms with E-state index in [-0.39, 0.29) is 0 Å². The Labute approximate surface area is 129 Å². The molecule has 0 atom stereocenters. The molecule has 0 unspecified atom stereocenters. The van der Waals surface area contributed by atoms with Gasteiger partial charge in [0.15, 0.2) is 0 Å². The molecule has 3 nitrogen and oxygen atoms in total. The van der Waals surface area contributed by atoms with E-state index < -0.39 is 0 Å². The van der Waals surface area contributed by atoms with Crippen LogP contribution in [0.3, 0.4) is 0 Å². The van der Waals surface area contributed by atoms with Gasteiger partial charge in [-0.3, -0.25) is 4.98 Å². The summed E-state index contributed by atoms with van der Waals surface area (Å²) in [5.41, 5.74) is 7.43. The highest BCUT2D eigenvalue weighted by atomic mass is 35.5. The number of aromatic nitrogens is 1. The first-order valence-electron chi connectivity index (χ1n) is 6.77. The van der Waals surface area contributed by atoms with Crippen molar-refractivity contribution < 1.29 is 0 Å². The molecule has 0 bridgehead atoms. The molecule has 1 aromatic carbocycles. The summed E-state index contributed by atoms with van der Waals surface area (Å²) in [6, 6.07) is 7.71. The zero-order valence-electron chi connectivity index (χ0n) is 11.7. The van der Waals surface area contributed by atoms with Gasteiger partial charge in [0.2, 0.25) is 0 Å². The van der Waals surface area contributed by atoms with Crippen molar-refractivity contribution in [1.29, 1.82) is 0 Å². The third kappa shape index (κ3) is 3.01. The second-order valence-corrected chi connectivity index (χ2v) is 5.23. The molecule has 1 radical (unpaired) electrons. The van der Waals surface area contributed by atoms with Crippen molar-refractivity contribution in [2.45, 2.75) is 0 Å². The van der Waals surface area contributed by atoms with Gasteiger partial charge >= 0.3 is 0 Å². The molecule has 0 aliphatic heterocycles. The summed E-state index contributed by atoms with van der Waals surface area (Å²) in [5.74, 6) is 0. The molecule has 1 aliphatic carbocycles. The topological polar surface area (TPSA) is 37.0 Å². The zero-order valence-corrected chi connectivity index (χ0v) is 12.5. The molecule has 4 heteroatoms. The first kappa shape index (κ1) is 13.9. The zero-order chi connectivity index (χ0) is 14.7. The van der Waals surface area contributed by atoms with Crippen LogP contribution in [0.2, 0.25) is 5.02 Å². The minimum Gasteiger partial charge on any atom is -0.380 e. The summed E-state index contributed by atoms with van der Waals surface area (Å²) in [4.78, 5) is 4.35. The van der Waals surface area contributed by atoms with Gasteiger partial charge in [-0.2, -0.15) is 0 Å². The van der Waals surface area contributed by atoms with E-state index in [9.17, 15) is 0 Å². The molecule has 1 aromatic heterocycles. The van der Waals surface area contributed by atoms with Crippen LogP contribution in [0, 0.1) is 6.08 Å². The van der Waals surface area contributed by atoms with Gasteiger partial charge in [-0.15, -0.1) is 5.73 Å². The molecular formula is C17H15ClN3. The highest BCUT2D eigenvalue weighted by Gasteiger charge is 2.08. The van der Waals surface area contributed by atoms with E-state index in [1.165, 1.54) is 0 Å². The molecule has 21 heavy (non-hydrogen) atoms. The number of hydrogen-bond donors (Lipinski definition) is 2. The quantitative estimate of drug-likeness (QED) is 0.831. The van der Waals surface area contributed by atoms with Crippen molar-refractivity contribution >= 4 is 28.2 Å². The van der Waals surface area contributed by atoms with E-state index in [4.69, 9.17) is 11.6 Å². The predicted octanol–water partition coefficient (Wildman–Crippen LogP) is 3.34. The van der Waals surface area contributed by atoms with Crippen molar-refractivity contribution in [3.8, 4) is 0 Å². The third-order valence-corrected chi connectivity index (χ3v) is 3.61. The fourth-order valence-corrected chi connectivity index (χ4v) is 2.50. The van der Waals surface area contributed by atoms with Crippen LogP contribution in [-0.4, -0.2) is 25.1 Å². The molecule has 2 aromatic rings. The summed E-state index contributed by atoms with van der Waals surface area (Å²) in [5, 5.41) is 8.35. The highest BCUT2D eigenvalue weighted by molar-refractivity contribution is 6.31. The van der Waals surface area contributed by atoms with Crippen LogP contribution in [-0.2, 0) is 0 Å². The average molecular weight is 297 g/mol. The Morgan fingerprint density at radius 1 is 1.19 bits per heavy atom. The highest BCUT2D eigenvalue weighted by Crippen LogP contribution is 2.25. The minimum absolute atomic E-state index is 0.697. The van der Waals surface area contributed by atoms with E-state index in [2.05, 4.69) is 27.4 Å². The van der Waals surface area contributed by atoms with Gasteiger partial charge < -0.3 is 10.6 Å². The Kier molecular flexibility index (Phi) is 4.07. The molecular weight excluding hydrogens is 282 g/mol. The maximum atomic E-state index is 6.01. The van der Waals surface area contributed by atoms with Crippen LogP contribution in [0.1, 0.15) is 0 Å². The van der Waals surface area contributed by atoms with E-state index in [0.29, 0.717) is 11.6 Å². The second-order valence-electron chi connectivity index (χ2n) is 4.79. The van der Waals surface area contributed by atoms with Gasteiger partial charge in [0, 0.05) is 41.0 Å². The number of fused-ring (bicyclic) bond motifs is 1. The summed E-state index contributed by atoms with van der Waals surface area (Å²) < 4.78 is 0. The number of hydrogen-bond acceptors (Lipinski definition) is 3. The van der Waals surface area contributed by atoms with Crippen LogP contribution in [0.5, 0.6) is 0 Å². The van der Waals surface area contributed by atoms with Crippen LogP contribution < -0.4 is 10.6 Å². The Hall–Kier alpha value is -2.06. The number of nitrogens with one attached hydrogen (secondary N) is 2. The Balaban J connectivity index is 1.80. The van der Waals surface area contributed by atoms with Crippen molar-refractivity contribution in [3.05, 3.63) is 64.5 Å². The molecule has 0 amide bonds. The Bertz CT molecular complexity index is 771. The molecule has 0 spiro atoms. The fourth-order valence-electron chi connectivity index (χ4n) is 2.34. The lowest BCUT2D eigenvalue weighted by Gasteiger charge is -2.12. The molecule has 3 rings (SSSR count). The van der Waals surface area contributed by atoms with Crippen molar-refractivity contribution in [2.75, 3.05) is 25.5 Å². The summed E-state index contributed by atoms with van der Waals surface area (Å²) >= 11 is 6.01. The first-order valence-corrected chi connectivity index (χ1v) is 7.15. The lowest BCUT2D eigenvalue weighted by molar-refractivity contribution is 0.881. The van der Waals surface area contributed by atoms with E-state index in [1.807, 2.05) is 37.4 Å². The molecule has 1 aliphatic rings. The van der Waals surface area contributed by atoms with Gasteiger partial charge in [0.25, 0.3) is 0 Å². The number of allylic oxidation sites excluding steroid dienone is 1. The van der Waals surface area contributed by atoms with Gasteiger partial charge in [-0.1, -0.05) is 11.6 Å². The normalized spacial score (nSPS) is 13.4. The monoisotopic (exact) mass is 296 g/mol. The third-order valence-electron chi connectivity index (χ3n) is 3.37. The van der Waals surface area contributed by atoms with E-state index in [0.717, 1.165) is 34.3 Å². The lowest BCUT2D eigenvalue weighted by Crippen LogP contribution is -2.15. The SMILES string of the molecule is CNCC1=[C]C=C=C1CNc1ccnc2cc(Cl)ccc12. The Morgan fingerprint density at radius 3 is 2.95 bits per heavy atom. The maximum absolute atomic E-state index is 6.01. The number of benzene rings is 1. The van der Waals surface area contributed by atoms with Crippen LogP contribution in [0.25, 0.3) is 10.9 Å². The lowest BCUT2D eigenvalue weighted by atomic mass is 10.1. The van der Waals surface area contributed by atoms with Gasteiger partial charge in [-0.05, 0) is 49.0 Å². The maximum Gasteiger partial charge on any atom is 0.0737 e. The van der Waals surface area contributed by atoms with Gasteiger partial charge in [-0.25, -0.2) is 0 Å². The predicted molar refractivity (Wildman–Crippen MR) is 87.5 cm³/mol. The first-order chi connectivity index (χ1) is 10.3. The Morgan fingerprint density at radius 2 is 2.10 bits per heavy atom. The van der Waals surface area contributed by atoms with E-state index >= 15 is 0 Å². The molecule has 0 fully saturated rings. The van der Waals surface area contributed by atoms with Crippen molar-refractivity contribution in [3.63, 3.8) is 0 Å². The average Bonchev–Trinajstić information content (AvgIpc) is 2.92. The second kappa shape index (κ2) is 6.15. The van der Waals surface area contributed by atoms with Gasteiger partial charge in [0.05, 0.1) is 5.52 Å². The number of halogens is 1. The molecule has 2 N–H and O–H groups in total. The smallest absolute Gasteiger partial charge is 0.0737 e. The standard InChI is InChI=1S/C17H15ClN3/c1-19-10-12-3-2-4-13(12)11-21-16-7-8-20-17-9-14(18)5-6-15(16)17/h2,5-9,19H,10-11H2,1H3,(H,20,21). The number of nitrogens with zero attached hydrogens (tertiary/aromatic N) is 1. The summed E-state index contributed by atoms with van der Waals surface area (Å²) in [6.45, 7) is 1.51. The van der Waals surface area contributed by atoms with E-state index in [1.54, 1.807) is 6.20 Å². The van der Waals surface area contributed by atoms with Gasteiger partial charge in [0.1, 0.15) is 0 Å². The van der Waals surface area contributed by atoms with Crippen molar-refractivity contribution in [2.24, 2.45) is 0 Å². The molecule has 1 heterocycles. The summed E-state index contributed by atoms with van der Waals surface area (Å²) in [6.07, 6.45) is 6.83. The fraction of sp³-hybridized carbons (Fsp3) is 0.176.